The van der Waals surface area contributed by atoms with E-state index in [0.29, 0.717) is 11.7 Å². The number of aromatic nitrogens is 2. The smallest absolute Gasteiger partial charge is 0.256 e. The van der Waals surface area contributed by atoms with Gasteiger partial charge in [0.15, 0.2) is 0 Å². The van der Waals surface area contributed by atoms with E-state index in [1.807, 2.05) is 18.2 Å². The molecule has 2 aliphatic rings. The molecular weight excluding hydrogens is 302 g/mol. The van der Waals surface area contributed by atoms with Crippen LogP contribution in [0.4, 0.5) is 0 Å². The van der Waals surface area contributed by atoms with Crippen LogP contribution in [0.2, 0.25) is 0 Å². The number of ether oxygens (including phenoxy) is 1. The van der Waals surface area contributed by atoms with Crippen molar-refractivity contribution in [2.45, 2.75) is 37.9 Å². The highest BCUT2D eigenvalue weighted by Crippen LogP contribution is 2.41. The molecule has 2 fully saturated rings. The second-order valence-corrected chi connectivity index (χ2v) is 5.90. The second-order valence-electron chi connectivity index (χ2n) is 5.90. The van der Waals surface area contributed by atoms with Crippen molar-refractivity contribution in [3.05, 3.63) is 35.7 Å². The Balaban J connectivity index is 0.00000144. The van der Waals surface area contributed by atoms with Crippen LogP contribution in [0.15, 0.2) is 28.8 Å². The third-order valence-electron chi connectivity index (χ3n) is 4.51. The number of hydrogen-bond donors (Lipinski definition) is 1. The third-order valence-corrected chi connectivity index (χ3v) is 4.51. The van der Waals surface area contributed by atoms with Gasteiger partial charge in [-0.15, -0.1) is 12.4 Å². The van der Waals surface area contributed by atoms with Gasteiger partial charge >= 0.3 is 0 Å². The van der Waals surface area contributed by atoms with Crippen molar-refractivity contribution in [2.24, 2.45) is 0 Å². The molecule has 1 atom stereocenters. The molecule has 0 amide bonds. The van der Waals surface area contributed by atoms with Crippen LogP contribution in [0.3, 0.4) is 0 Å². The molecule has 1 aromatic heterocycles. The maximum atomic E-state index is 6.12. The molecule has 0 radical (unpaired) electrons. The zero-order valence-corrected chi connectivity index (χ0v) is 13.4. The lowest BCUT2D eigenvalue weighted by Gasteiger charge is -2.38. The maximum absolute atomic E-state index is 6.12. The third kappa shape index (κ3) is 2.53. The molecule has 1 aromatic carbocycles. The Labute approximate surface area is 135 Å². The summed E-state index contributed by atoms with van der Waals surface area (Å²) in [6.07, 6.45) is 2.92. The first kappa shape index (κ1) is 15.5. The summed E-state index contributed by atoms with van der Waals surface area (Å²) >= 11 is 0. The Kier molecular flexibility index (Phi) is 4.21. The van der Waals surface area contributed by atoms with Crippen molar-refractivity contribution in [3.63, 3.8) is 0 Å². The summed E-state index contributed by atoms with van der Waals surface area (Å²) in [5, 5.41) is 7.42. The van der Waals surface area contributed by atoms with E-state index in [2.05, 4.69) is 28.4 Å². The molecule has 22 heavy (non-hydrogen) atoms. The number of rotatable bonds is 3. The molecule has 3 heterocycles. The van der Waals surface area contributed by atoms with Gasteiger partial charge in [0.05, 0.1) is 5.60 Å². The molecule has 2 aliphatic heterocycles. The highest BCUT2D eigenvalue weighted by atomic mass is 35.5. The zero-order chi connectivity index (χ0) is 14.3. The van der Waals surface area contributed by atoms with Gasteiger partial charge in [-0.25, -0.2) is 0 Å². The Morgan fingerprint density at radius 1 is 1.32 bits per heavy atom. The lowest BCUT2D eigenvalue weighted by Crippen LogP contribution is -2.58. The normalized spacial score (nSPS) is 22.3. The molecule has 4 rings (SSSR count). The molecule has 6 heteroatoms. The highest BCUT2D eigenvalue weighted by molar-refractivity contribution is 5.85. The van der Waals surface area contributed by atoms with Gasteiger partial charge in [0.25, 0.3) is 5.89 Å². The molecule has 0 aliphatic carbocycles. The van der Waals surface area contributed by atoms with Gasteiger partial charge in [-0.1, -0.05) is 36.3 Å². The Bertz CT molecular complexity index is 654. The first-order chi connectivity index (χ1) is 10.3. The molecule has 5 nitrogen and oxygen atoms in total. The highest BCUT2D eigenvalue weighted by Gasteiger charge is 2.46. The molecule has 2 saturated heterocycles. The second kappa shape index (κ2) is 5.99. The number of hydrogen-bond acceptors (Lipinski definition) is 5. The summed E-state index contributed by atoms with van der Waals surface area (Å²) < 4.78 is 11.6. The van der Waals surface area contributed by atoms with Crippen LogP contribution in [0.25, 0.3) is 11.4 Å². The van der Waals surface area contributed by atoms with Gasteiger partial charge in [-0.2, -0.15) is 4.98 Å². The van der Waals surface area contributed by atoms with Crippen molar-refractivity contribution in [1.82, 2.24) is 15.5 Å². The molecule has 1 unspecified atom stereocenters. The largest absolute Gasteiger partial charge is 0.359 e. The summed E-state index contributed by atoms with van der Waals surface area (Å²) in [4.78, 5) is 4.57. The van der Waals surface area contributed by atoms with Crippen LogP contribution < -0.4 is 5.32 Å². The van der Waals surface area contributed by atoms with E-state index in [-0.39, 0.29) is 24.1 Å². The summed E-state index contributed by atoms with van der Waals surface area (Å²) in [6.45, 7) is 4.00. The van der Waals surface area contributed by atoms with E-state index in [0.717, 1.165) is 37.9 Å². The van der Waals surface area contributed by atoms with Crippen molar-refractivity contribution in [2.75, 3.05) is 13.1 Å². The average molecular weight is 322 g/mol. The standard InChI is InChI=1S/C16H19N3O2.ClH/c1-2-11-5-3-4-6-12(11)14-18-15(21-19-14)13-7-8-16(20-13)9-17-10-16;/h3-6,13,17H,2,7-10H2,1H3;1H. The van der Waals surface area contributed by atoms with E-state index < -0.39 is 0 Å². The predicted molar refractivity (Wildman–Crippen MR) is 85.0 cm³/mol. The van der Waals surface area contributed by atoms with Crippen LogP contribution in [0.5, 0.6) is 0 Å². The van der Waals surface area contributed by atoms with Crippen LogP contribution in [-0.4, -0.2) is 28.8 Å². The van der Waals surface area contributed by atoms with Gasteiger partial charge in [-0.05, 0) is 24.8 Å². The van der Waals surface area contributed by atoms with Gasteiger partial charge in [0.1, 0.15) is 6.10 Å². The van der Waals surface area contributed by atoms with E-state index >= 15 is 0 Å². The minimum atomic E-state index is -0.0536. The SMILES string of the molecule is CCc1ccccc1-c1noc(C2CCC3(CNC3)O2)n1.Cl. The number of nitrogens with zero attached hydrogens (tertiary/aromatic N) is 2. The quantitative estimate of drug-likeness (QED) is 0.942. The number of nitrogens with one attached hydrogen (secondary N) is 1. The topological polar surface area (TPSA) is 60.2 Å². The van der Waals surface area contributed by atoms with Crippen molar-refractivity contribution in [3.8, 4) is 11.4 Å². The Morgan fingerprint density at radius 2 is 2.14 bits per heavy atom. The van der Waals surface area contributed by atoms with E-state index in [9.17, 15) is 0 Å². The van der Waals surface area contributed by atoms with Crippen molar-refractivity contribution in [1.29, 1.82) is 0 Å². The number of aryl methyl sites for hydroxylation is 1. The zero-order valence-electron chi connectivity index (χ0n) is 12.5. The fraction of sp³-hybridized carbons (Fsp3) is 0.500. The van der Waals surface area contributed by atoms with Crippen LogP contribution in [-0.2, 0) is 11.2 Å². The summed E-state index contributed by atoms with van der Waals surface area (Å²) in [6, 6.07) is 8.19. The Morgan fingerprint density at radius 3 is 2.82 bits per heavy atom. The lowest BCUT2D eigenvalue weighted by molar-refractivity contribution is -0.0829. The van der Waals surface area contributed by atoms with Crippen molar-refractivity contribution < 1.29 is 9.26 Å². The first-order valence-corrected chi connectivity index (χ1v) is 7.60. The minimum absolute atomic E-state index is 0. The van der Waals surface area contributed by atoms with Crippen LogP contribution in [0, 0.1) is 0 Å². The van der Waals surface area contributed by atoms with Crippen LogP contribution in [0.1, 0.15) is 37.3 Å². The summed E-state index contributed by atoms with van der Waals surface area (Å²) in [7, 11) is 0. The summed E-state index contributed by atoms with van der Waals surface area (Å²) in [5.74, 6) is 1.28. The molecule has 0 saturated carbocycles. The fourth-order valence-corrected chi connectivity index (χ4v) is 3.17. The Hall–Kier alpha value is -1.43. The van der Waals surface area contributed by atoms with E-state index in [4.69, 9.17) is 9.26 Å². The predicted octanol–water partition coefficient (Wildman–Crippen LogP) is 2.91. The molecule has 2 aromatic rings. The van der Waals surface area contributed by atoms with Gasteiger partial charge in [0.2, 0.25) is 5.82 Å². The molecule has 0 bridgehead atoms. The monoisotopic (exact) mass is 321 g/mol. The van der Waals surface area contributed by atoms with E-state index in [1.165, 1.54) is 5.56 Å². The lowest BCUT2D eigenvalue weighted by atomic mass is 9.93. The summed E-state index contributed by atoms with van der Waals surface area (Å²) in [5.41, 5.74) is 2.30. The molecule has 1 N–H and O–H groups in total. The fourth-order valence-electron chi connectivity index (χ4n) is 3.17. The molecular formula is C16H20ClN3O2. The number of halogens is 1. The van der Waals surface area contributed by atoms with Crippen LogP contribution >= 0.6 is 12.4 Å². The van der Waals surface area contributed by atoms with Gasteiger partial charge in [-0.3, -0.25) is 0 Å². The molecule has 1 spiro atoms. The van der Waals surface area contributed by atoms with E-state index in [1.54, 1.807) is 0 Å². The molecule has 118 valence electrons. The number of benzene rings is 1. The average Bonchev–Trinajstić information content (AvgIpc) is 3.13. The maximum Gasteiger partial charge on any atom is 0.256 e. The first-order valence-electron chi connectivity index (χ1n) is 7.60. The van der Waals surface area contributed by atoms with Gasteiger partial charge < -0.3 is 14.6 Å². The van der Waals surface area contributed by atoms with Crippen molar-refractivity contribution >= 4 is 12.4 Å². The van der Waals surface area contributed by atoms with Gasteiger partial charge in [0, 0.05) is 18.7 Å². The minimum Gasteiger partial charge on any atom is -0.359 e.